The monoisotopic (exact) mass is 282 g/mol. The molecule has 0 fully saturated rings. The number of hydrogen-bond acceptors (Lipinski definition) is 4. The second kappa shape index (κ2) is 5.37. The van der Waals surface area contributed by atoms with E-state index in [0.717, 1.165) is 21.4 Å². The minimum absolute atomic E-state index is 0.103. The van der Waals surface area contributed by atoms with Crippen LogP contribution in [0.5, 0.6) is 0 Å². The third-order valence-electron chi connectivity index (χ3n) is 2.52. The molecule has 1 aromatic heterocycles. The van der Waals surface area contributed by atoms with Gasteiger partial charge < -0.3 is 4.90 Å². The van der Waals surface area contributed by atoms with E-state index in [0.29, 0.717) is 0 Å². The van der Waals surface area contributed by atoms with Crippen molar-refractivity contribution in [2.75, 3.05) is 11.9 Å². The second-order valence-corrected chi connectivity index (χ2v) is 5.64. The number of rotatable bonds is 4. The summed E-state index contributed by atoms with van der Waals surface area (Å²) in [5.74, 6) is 0. The number of benzene rings is 1. The SMILES string of the molecule is CN(Cc1ccc(Cl)s1)c1ccc([N+](=O)[O-])cc1. The number of thiophene rings is 1. The summed E-state index contributed by atoms with van der Waals surface area (Å²) in [6, 6.07) is 10.3. The minimum atomic E-state index is -0.400. The number of non-ortho nitro benzene ring substituents is 1. The maximum atomic E-state index is 10.6. The van der Waals surface area contributed by atoms with Gasteiger partial charge in [-0.1, -0.05) is 11.6 Å². The summed E-state index contributed by atoms with van der Waals surface area (Å²) in [5, 5.41) is 10.6. The number of hydrogen-bond donors (Lipinski definition) is 0. The van der Waals surface area contributed by atoms with Gasteiger partial charge in [0.25, 0.3) is 5.69 Å². The van der Waals surface area contributed by atoms with Crippen LogP contribution < -0.4 is 4.90 Å². The Morgan fingerprint density at radius 2 is 1.94 bits per heavy atom. The Hall–Kier alpha value is -1.59. The van der Waals surface area contributed by atoms with Crippen molar-refractivity contribution in [1.82, 2.24) is 0 Å². The molecule has 0 N–H and O–H groups in total. The fourth-order valence-corrected chi connectivity index (χ4v) is 2.73. The lowest BCUT2D eigenvalue weighted by Gasteiger charge is -2.18. The Morgan fingerprint density at radius 1 is 1.28 bits per heavy atom. The van der Waals surface area contributed by atoms with Gasteiger partial charge in [-0.15, -0.1) is 11.3 Å². The lowest BCUT2D eigenvalue weighted by molar-refractivity contribution is -0.384. The molecule has 0 atom stereocenters. The van der Waals surface area contributed by atoms with Gasteiger partial charge in [-0.3, -0.25) is 10.1 Å². The first-order chi connectivity index (χ1) is 8.56. The Kier molecular flexibility index (Phi) is 3.84. The van der Waals surface area contributed by atoms with Crippen LogP contribution >= 0.6 is 22.9 Å². The van der Waals surface area contributed by atoms with Crippen molar-refractivity contribution in [1.29, 1.82) is 0 Å². The lowest BCUT2D eigenvalue weighted by atomic mass is 10.2. The molecule has 0 spiro atoms. The largest absolute Gasteiger partial charge is 0.369 e. The van der Waals surface area contributed by atoms with Crippen LogP contribution in [0, 0.1) is 10.1 Å². The molecule has 0 saturated heterocycles. The second-order valence-electron chi connectivity index (χ2n) is 3.84. The van der Waals surface area contributed by atoms with E-state index in [2.05, 4.69) is 0 Å². The summed E-state index contributed by atoms with van der Waals surface area (Å²) >= 11 is 7.40. The molecule has 4 nitrogen and oxygen atoms in total. The number of anilines is 1. The Bertz CT molecular complexity index is 553. The molecule has 2 rings (SSSR count). The number of nitro benzene ring substituents is 1. The van der Waals surface area contributed by atoms with Crippen LogP contribution in [0.3, 0.4) is 0 Å². The summed E-state index contributed by atoms with van der Waals surface area (Å²) in [7, 11) is 1.94. The summed E-state index contributed by atoms with van der Waals surface area (Å²) < 4.78 is 0.766. The van der Waals surface area contributed by atoms with Gasteiger partial charge in [0.1, 0.15) is 0 Å². The minimum Gasteiger partial charge on any atom is -0.369 e. The predicted octanol–water partition coefficient (Wildman–Crippen LogP) is 3.95. The van der Waals surface area contributed by atoms with E-state index in [-0.39, 0.29) is 5.69 Å². The molecule has 0 aliphatic rings. The summed E-state index contributed by atoms with van der Waals surface area (Å²) in [4.78, 5) is 13.3. The molecule has 94 valence electrons. The van der Waals surface area contributed by atoms with Gasteiger partial charge in [-0.25, -0.2) is 0 Å². The average molecular weight is 283 g/mol. The zero-order valence-corrected chi connectivity index (χ0v) is 11.2. The first kappa shape index (κ1) is 12.9. The zero-order chi connectivity index (χ0) is 13.1. The van der Waals surface area contributed by atoms with E-state index in [1.54, 1.807) is 12.1 Å². The molecule has 0 unspecified atom stereocenters. The molecule has 1 aromatic carbocycles. The molecular formula is C12H11ClN2O2S. The van der Waals surface area contributed by atoms with Gasteiger partial charge in [0, 0.05) is 29.7 Å². The third-order valence-corrected chi connectivity index (χ3v) is 3.74. The van der Waals surface area contributed by atoms with Crippen LogP contribution in [-0.4, -0.2) is 12.0 Å². The third kappa shape index (κ3) is 3.00. The average Bonchev–Trinajstić information content (AvgIpc) is 2.75. The standard InChI is InChI=1S/C12H11ClN2O2S/c1-14(8-11-6-7-12(13)18-11)9-2-4-10(5-3-9)15(16)17/h2-7H,8H2,1H3. The highest BCUT2D eigenvalue weighted by Gasteiger charge is 2.08. The molecule has 0 radical (unpaired) electrons. The van der Waals surface area contributed by atoms with Crippen molar-refractivity contribution in [2.24, 2.45) is 0 Å². The predicted molar refractivity (Wildman–Crippen MR) is 74.5 cm³/mol. The molecule has 1 heterocycles. The maximum absolute atomic E-state index is 10.6. The molecule has 0 aliphatic carbocycles. The van der Waals surface area contributed by atoms with Crippen molar-refractivity contribution in [3.05, 3.63) is 55.7 Å². The van der Waals surface area contributed by atoms with Gasteiger partial charge in [0.05, 0.1) is 15.8 Å². The lowest BCUT2D eigenvalue weighted by Crippen LogP contribution is -2.15. The molecule has 0 amide bonds. The summed E-state index contributed by atoms with van der Waals surface area (Å²) in [5.41, 5.74) is 1.04. The molecule has 0 aliphatic heterocycles. The number of halogens is 1. The van der Waals surface area contributed by atoms with Crippen LogP contribution in [0.15, 0.2) is 36.4 Å². The van der Waals surface area contributed by atoms with Gasteiger partial charge >= 0.3 is 0 Å². The van der Waals surface area contributed by atoms with Crippen molar-refractivity contribution in [3.63, 3.8) is 0 Å². The van der Waals surface area contributed by atoms with Crippen LogP contribution in [-0.2, 0) is 6.54 Å². The Balaban J connectivity index is 2.09. The van der Waals surface area contributed by atoms with E-state index in [1.165, 1.54) is 23.5 Å². The van der Waals surface area contributed by atoms with Crippen LogP contribution in [0.2, 0.25) is 4.34 Å². The maximum Gasteiger partial charge on any atom is 0.269 e. The van der Waals surface area contributed by atoms with E-state index >= 15 is 0 Å². The zero-order valence-electron chi connectivity index (χ0n) is 9.67. The topological polar surface area (TPSA) is 46.4 Å². The van der Waals surface area contributed by atoms with E-state index in [4.69, 9.17) is 11.6 Å². The van der Waals surface area contributed by atoms with Crippen molar-refractivity contribution in [2.45, 2.75) is 6.54 Å². The Labute approximate surface area is 114 Å². The van der Waals surface area contributed by atoms with Crippen molar-refractivity contribution in [3.8, 4) is 0 Å². The normalized spacial score (nSPS) is 10.3. The fraction of sp³-hybridized carbons (Fsp3) is 0.167. The molecule has 0 saturated carbocycles. The van der Waals surface area contributed by atoms with E-state index in [9.17, 15) is 10.1 Å². The molecular weight excluding hydrogens is 272 g/mol. The first-order valence-corrected chi connectivity index (χ1v) is 6.45. The smallest absolute Gasteiger partial charge is 0.269 e. The fourth-order valence-electron chi connectivity index (χ4n) is 1.59. The van der Waals surface area contributed by atoms with Crippen LogP contribution in [0.25, 0.3) is 0 Å². The van der Waals surface area contributed by atoms with Crippen LogP contribution in [0.1, 0.15) is 4.88 Å². The van der Waals surface area contributed by atoms with Gasteiger partial charge in [-0.05, 0) is 24.3 Å². The van der Waals surface area contributed by atoms with E-state index in [1.807, 2.05) is 24.1 Å². The highest BCUT2D eigenvalue weighted by molar-refractivity contribution is 7.16. The first-order valence-electron chi connectivity index (χ1n) is 5.26. The number of nitro groups is 1. The van der Waals surface area contributed by atoms with E-state index < -0.39 is 4.92 Å². The molecule has 0 bridgehead atoms. The van der Waals surface area contributed by atoms with Crippen LogP contribution in [0.4, 0.5) is 11.4 Å². The highest BCUT2D eigenvalue weighted by atomic mass is 35.5. The van der Waals surface area contributed by atoms with Crippen molar-refractivity contribution < 1.29 is 4.92 Å². The Morgan fingerprint density at radius 3 is 2.44 bits per heavy atom. The van der Waals surface area contributed by atoms with Crippen molar-refractivity contribution >= 4 is 34.3 Å². The summed E-state index contributed by atoms with van der Waals surface area (Å²) in [6.07, 6.45) is 0. The van der Waals surface area contributed by atoms with Gasteiger partial charge in [0.15, 0.2) is 0 Å². The number of nitrogens with zero attached hydrogens (tertiary/aromatic N) is 2. The quantitative estimate of drug-likeness (QED) is 0.630. The molecule has 2 aromatic rings. The van der Waals surface area contributed by atoms with Gasteiger partial charge in [0.2, 0.25) is 0 Å². The molecule has 6 heteroatoms. The summed E-state index contributed by atoms with van der Waals surface area (Å²) in [6.45, 7) is 0.731. The molecule has 18 heavy (non-hydrogen) atoms. The van der Waals surface area contributed by atoms with Gasteiger partial charge in [-0.2, -0.15) is 0 Å². The highest BCUT2D eigenvalue weighted by Crippen LogP contribution is 2.25.